The second kappa shape index (κ2) is 4.35. The molecule has 1 aromatic rings. The van der Waals surface area contributed by atoms with Gasteiger partial charge < -0.3 is 4.90 Å². The van der Waals surface area contributed by atoms with Crippen molar-refractivity contribution in [1.29, 1.82) is 0 Å². The SMILES string of the molecule is O=C(c1cccnc1N1CCCC1)C(F)(F)F. The molecule has 6 heteroatoms. The molecule has 0 atom stereocenters. The van der Waals surface area contributed by atoms with E-state index in [-0.39, 0.29) is 11.4 Å². The topological polar surface area (TPSA) is 33.2 Å². The third-order valence-corrected chi connectivity index (χ3v) is 2.69. The zero-order chi connectivity index (χ0) is 12.5. The van der Waals surface area contributed by atoms with E-state index in [2.05, 4.69) is 4.98 Å². The summed E-state index contributed by atoms with van der Waals surface area (Å²) in [5.41, 5.74) is -0.359. The summed E-state index contributed by atoms with van der Waals surface area (Å²) in [6, 6.07) is 2.52. The Morgan fingerprint density at radius 1 is 1.29 bits per heavy atom. The molecule has 0 saturated carbocycles. The Kier molecular flexibility index (Phi) is 3.04. The Morgan fingerprint density at radius 2 is 1.94 bits per heavy atom. The maximum atomic E-state index is 12.4. The number of pyridine rings is 1. The quantitative estimate of drug-likeness (QED) is 0.749. The van der Waals surface area contributed by atoms with E-state index in [1.54, 1.807) is 4.90 Å². The first-order valence-electron chi connectivity index (χ1n) is 5.31. The molecular formula is C11H11F3N2O. The van der Waals surface area contributed by atoms with Gasteiger partial charge in [0.05, 0.1) is 5.56 Å². The summed E-state index contributed by atoms with van der Waals surface area (Å²) in [6.07, 6.45) is -1.62. The molecule has 0 radical (unpaired) electrons. The van der Waals surface area contributed by atoms with E-state index >= 15 is 0 Å². The fourth-order valence-electron chi connectivity index (χ4n) is 1.91. The van der Waals surface area contributed by atoms with Crippen LogP contribution in [0.1, 0.15) is 23.2 Å². The number of halogens is 3. The zero-order valence-corrected chi connectivity index (χ0v) is 9.00. The van der Waals surface area contributed by atoms with Gasteiger partial charge in [0.25, 0.3) is 5.78 Å². The minimum atomic E-state index is -4.85. The van der Waals surface area contributed by atoms with Gasteiger partial charge in [-0.05, 0) is 25.0 Å². The average molecular weight is 244 g/mol. The van der Waals surface area contributed by atoms with Gasteiger partial charge in [0.1, 0.15) is 5.82 Å². The summed E-state index contributed by atoms with van der Waals surface area (Å²) >= 11 is 0. The van der Waals surface area contributed by atoms with Gasteiger partial charge >= 0.3 is 6.18 Å². The lowest BCUT2D eigenvalue weighted by Gasteiger charge is -2.19. The summed E-state index contributed by atoms with van der Waals surface area (Å²) < 4.78 is 37.2. The first-order valence-corrected chi connectivity index (χ1v) is 5.31. The van der Waals surface area contributed by atoms with Crippen LogP contribution in [0.5, 0.6) is 0 Å². The van der Waals surface area contributed by atoms with Gasteiger partial charge in [-0.3, -0.25) is 4.79 Å². The van der Waals surface area contributed by atoms with E-state index in [0.717, 1.165) is 12.8 Å². The highest BCUT2D eigenvalue weighted by atomic mass is 19.4. The molecule has 1 aliphatic heterocycles. The highest BCUT2D eigenvalue weighted by molar-refractivity contribution is 6.04. The van der Waals surface area contributed by atoms with Gasteiger partial charge in [-0.25, -0.2) is 4.98 Å². The maximum absolute atomic E-state index is 12.4. The van der Waals surface area contributed by atoms with E-state index in [9.17, 15) is 18.0 Å². The molecule has 0 bridgehead atoms. The molecule has 1 fully saturated rings. The fourth-order valence-corrected chi connectivity index (χ4v) is 1.91. The van der Waals surface area contributed by atoms with Crippen LogP contribution in [0.25, 0.3) is 0 Å². The molecule has 0 aliphatic carbocycles. The van der Waals surface area contributed by atoms with Crippen molar-refractivity contribution in [3.63, 3.8) is 0 Å². The molecule has 0 unspecified atom stereocenters. The van der Waals surface area contributed by atoms with Crippen LogP contribution in [0.3, 0.4) is 0 Å². The molecule has 0 N–H and O–H groups in total. The molecular weight excluding hydrogens is 233 g/mol. The molecule has 2 heterocycles. The van der Waals surface area contributed by atoms with Gasteiger partial charge in [0.2, 0.25) is 0 Å². The zero-order valence-electron chi connectivity index (χ0n) is 9.00. The summed E-state index contributed by atoms with van der Waals surface area (Å²) in [5.74, 6) is -1.68. The second-order valence-corrected chi connectivity index (χ2v) is 3.90. The number of Topliss-reactive ketones (excluding diaryl/α,β-unsaturated/α-hetero) is 1. The van der Waals surface area contributed by atoms with E-state index in [4.69, 9.17) is 0 Å². The van der Waals surface area contributed by atoms with Crippen LogP contribution < -0.4 is 4.90 Å². The number of anilines is 1. The highest BCUT2D eigenvalue weighted by Gasteiger charge is 2.41. The summed E-state index contributed by atoms with van der Waals surface area (Å²) in [5, 5.41) is 0. The van der Waals surface area contributed by atoms with Gasteiger partial charge in [-0.1, -0.05) is 0 Å². The third-order valence-electron chi connectivity index (χ3n) is 2.69. The first kappa shape index (κ1) is 11.9. The van der Waals surface area contributed by atoms with Crippen molar-refractivity contribution in [3.8, 4) is 0 Å². The lowest BCUT2D eigenvalue weighted by molar-refractivity contribution is -0.0885. The van der Waals surface area contributed by atoms with Gasteiger partial charge in [-0.15, -0.1) is 0 Å². The Morgan fingerprint density at radius 3 is 2.53 bits per heavy atom. The second-order valence-electron chi connectivity index (χ2n) is 3.90. The molecule has 0 aromatic carbocycles. The minimum absolute atomic E-state index is 0.146. The Labute approximate surface area is 96.3 Å². The number of alkyl halides is 3. The Hall–Kier alpha value is -1.59. The molecule has 0 amide bonds. The van der Waals surface area contributed by atoms with E-state index in [1.807, 2.05) is 0 Å². The van der Waals surface area contributed by atoms with Crippen LogP contribution in [0.4, 0.5) is 19.0 Å². The average Bonchev–Trinajstić information content (AvgIpc) is 2.80. The number of ketones is 1. The van der Waals surface area contributed by atoms with Crippen molar-refractivity contribution in [2.45, 2.75) is 19.0 Å². The summed E-state index contributed by atoms with van der Waals surface area (Å²) in [4.78, 5) is 16.9. The number of hydrogen-bond donors (Lipinski definition) is 0. The number of carbonyl (C=O) groups excluding carboxylic acids is 1. The number of aromatic nitrogens is 1. The molecule has 1 saturated heterocycles. The standard InChI is InChI=1S/C11H11F3N2O/c12-11(13,14)9(17)8-4-3-5-15-10(8)16-6-1-2-7-16/h3-5H,1-2,6-7H2. The van der Waals surface area contributed by atoms with E-state index < -0.39 is 12.0 Å². The molecule has 3 nitrogen and oxygen atoms in total. The largest absolute Gasteiger partial charge is 0.455 e. The molecule has 2 rings (SSSR count). The van der Waals surface area contributed by atoms with Crippen LogP contribution >= 0.6 is 0 Å². The molecule has 1 aromatic heterocycles. The number of hydrogen-bond acceptors (Lipinski definition) is 3. The lowest BCUT2D eigenvalue weighted by Crippen LogP contribution is -2.28. The Bertz CT molecular complexity index is 425. The van der Waals surface area contributed by atoms with Crippen molar-refractivity contribution >= 4 is 11.6 Å². The van der Waals surface area contributed by atoms with Crippen LogP contribution in [0, 0.1) is 0 Å². The van der Waals surface area contributed by atoms with E-state index in [1.165, 1.54) is 18.3 Å². The fraction of sp³-hybridized carbons (Fsp3) is 0.455. The minimum Gasteiger partial charge on any atom is -0.356 e. The van der Waals surface area contributed by atoms with Gasteiger partial charge in [0, 0.05) is 19.3 Å². The molecule has 92 valence electrons. The highest BCUT2D eigenvalue weighted by Crippen LogP contribution is 2.28. The third kappa shape index (κ3) is 2.40. The molecule has 1 aliphatic rings. The monoisotopic (exact) mass is 244 g/mol. The predicted octanol–water partition coefficient (Wildman–Crippen LogP) is 2.43. The smallest absolute Gasteiger partial charge is 0.356 e. The van der Waals surface area contributed by atoms with Crippen LogP contribution in [0.2, 0.25) is 0 Å². The summed E-state index contributed by atoms with van der Waals surface area (Å²) in [6.45, 7) is 1.30. The van der Waals surface area contributed by atoms with Gasteiger partial charge in [-0.2, -0.15) is 13.2 Å². The van der Waals surface area contributed by atoms with Crippen LogP contribution in [-0.2, 0) is 0 Å². The first-order chi connectivity index (χ1) is 8.00. The van der Waals surface area contributed by atoms with E-state index in [0.29, 0.717) is 13.1 Å². The van der Waals surface area contributed by atoms with Crippen LogP contribution in [0.15, 0.2) is 18.3 Å². The number of nitrogens with zero attached hydrogens (tertiary/aromatic N) is 2. The van der Waals surface area contributed by atoms with Gasteiger partial charge in [0.15, 0.2) is 0 Å². The molecule has 17 heavy (non-hydrogen) atoms. The van der Waals surface area contributed by atoms with Crippen molar-refractivity contribution in [2.75, 3.05) is 18.0 Å². The normalized spacial score (nSPS) is 16.3. The summed E-state index contributed by atoms with van der Waals surface area (Å²) in [7, 11) is 0. The Balaban J connectivity index is 2.37. The number of rotatable bonds is 2. The number of carbonyl (C=O) groups is 1. The van der Waals surface area contributed by atoms with Crippen molar-refractivity contribution < 1.29 is 18.0 Å². The van der Waals surface area contributed by atoms with Crippen molar-refractivity contribution in [2.24, 2.45) is 0 Å². The van der Waals surface area contributed by atoms with Crippen molar-refractivity contribution in [1.82, 2.24) is 4.98 Å². The molecule has 0 spiro atoms. The maximum Gasteiger partial charge on any atom is 0.455 e. The predicted molar refractivity (Wildman–Crippen MR) is 56.1 cm³/mol. The van der Waals surface area contributed by atoms with Crippen LogP contribution in [-0.4, -0.2) is 30.0 Å². The van der Waals surface area contributed by atoms with Crippen molar-refractivity contribution in [3.05, 3.63) is 23.9 Å². The lowest BCUT2D eigenvalue weighted by atomic mass is 10.1.